The van der Waals surface area contributed by atoms with Crippen LogP contribution in [0.3, 0.4) is 0 Å². The summed E-state index contributed by atoms with van der Waals surface area (Å²) in [6.07, 6.45) is 1.27. The van der Waals surface area contributed by atoms with Crippen molar-refractivity contribution in [3.63, 3.8) is 0 Å². The first kappa shape index (κ1) is 4.48. The number of hydrogen-bond donors (Lipinski definition) is 1. The zero-order valence-corrected chi connectivity index (χ0v) is 4.18. The molecular weight excluding hydrogens is 114 g/mol. The number of nitrogens with zero attached hydrogens (tertiary/aromatic N) is 2. The van der Waals surface area contributed by atoms with Crippen molar-refractivity contribution in [2.24, 2.45) is 0 Å². The number of anilines is 1. The van der Waals surface area contributed by atoms with Gasteiger partial charge in [0, 0.05) is 4.37 Å². The van der Waals surface area contributed by atoms with E-state index >= 15 is 0 Å². The van der Waals surface area contributed by atoms with Crippen LogP contribution in [0.2, 0.25) is 0 Å². The van der Waals surface area contributed by atoms with Gasteiger partial charge in [0.25, 0.3) is 0 Å². The van der Waals surface area contributed by atoms with E-state index in [9.17, 15) is 4.55 Å². The van der Waals surface area contributed by atoms with Crippen LogP contribution in [0.5, 0.6) is 0 Å². The Kier molecular flexibility index (Phi) is 0.918. The summed E-state index contributed by atoms with van der Waals surface area (Å²) in [6.45, 7) is 0. The van der Waals surface area contributed by atoms with Crippen molar-refractivity contribution in [2.75, 3.05) is 5.73 Å². The first-order chi connectivity index (χ1) is 3.29. The molecule has 38 valence electrons. The molecule has 0 aliphatic rings. The lowest BCUT2D eigenvalue weighted by Crippen LogP contribution is -1.80. The Balaban J connectivity index is 3.04. The van der Waals surface area contributed by atoms with Gasteiger partial charge in [-0.05, 0) is 4.37 Å². The lowest BCUT2D eigenvalue weighted by atomic mass is 10.8. The van der Waals surface area contributed by atoms with Gasteiger partial charge in [-0.25, -0.2) is 0 Å². The maximum absolute atomic E-state index is 10.1. The molecule has 0 fully saturated rings. The monoisotopic (exact) mass is 117 g/mol. The highest BCUT2D eigenvalue weighted by Gasteiger charge is 1.94. The summed E-state index contributed by atoms with van der Waals surface area (Å²) in [5, 5.41) is 0. The van der Waals surface area contributed by atoms with E-state index in [0.717, 1.165) is 0 Å². The molecule has 1 atom stereocenters. The molecule has 1 aromatic heterocycles. The topological polar surface area (TPSA) is 74.9 Å². The Labute approximate surface area is 43.1 Å². The lowest BCUT2D eigenvalue weighted by Gasteiger charge is -1.69. The molecule has 5 heteroatoms. The third-order valence-electron chi connectivity index (χ3n) is 0.459. The minimum absolute atomic E-state index is 0.235. The highest BCUT2D eigenvalue weighted by molar-refractivity contribution is 7.13. The van der Waals surface area contributed by atoms with E-state index in [0.29, 0.717) is 0 Å². The van der Waals surface area contributed by atoms with E-state index in [1.165, 1.54) is 6.20 Å². The van der Waals surface area contributed by atoms with Gasteiger partial charge in [0.2, 0.25) is 5.82 Å². The standard InChI is InChI=1S/C2H3N3OS/c3-2-1-4-7(6)5-2/h1H,(H2,3,5). The molecule has 2 N–H and O–H groups in total. The maximum atomic E-state index is 10.1. The van der Waals surface area contributed by atoms with Crippen molar-refractivity contribution in [3.8, 4) is 0 Å². The zero-order chi connectivity index (χ0) is 5.28. The third kappa shape index (κ3) is 0.847. The maximum Gasteiger partial charge on any atom is 0.205 e. The predicted molar refractivity (Wildman–Crippen MR) is 25.1 cm³/mol. The molecule has 0 spiro atoms. The van der Waals surface area contributed by atoms with Gasteiger partial charge in [-0.3, -0.25) is 0 Å². The van der Waals surface area contributed by atoms with Gasteiger partial charge < -0.3 is 10.3 Å². The fraction of sp³-hybridized carbons (Fsp3) is 0. The average Bonchev–Trinajstić information content (AvgIpc) is 1.87. The van der Waals surface area contributed by atoms with Gasteiger partial charge in [-0.1, -0.05) is 0 Å². The van der Waals surface area contributed by atoms with E-state index < -0.39 is 11.1 Å². The van der Waals surface area contributed by atoms with Gasteiger partial charge in [-0.15, -0.1) is 0 Å². The van der Waals surface area contributed by atoms with E-state index in [1.54, 1.807) is 0 Å². The fourth-order valence-electron chi connectivity index (χ4n) is 0.236. The van der Waals surface area contributed by atoms with Crippen LogP contribution in [-0.4, -0.2) is 13.3 Å². The second kappa shape index (κ2) is 1.43. The molecule has 4 nitrogen and oxygen atoms in total. The highest BCUT2D eigenvalue weighted by atomic mass is 32.2. The number of hydrogen-bond acceptors (Lipinski definition) is 4. The summed E-state index contributed by atoms with van der Waals surface area (Å²) in [5.41, 5.74) is 5.03. The van der Waals surface area contributed by atoms with Crippen molar-refractivity contribution in [3.05, 3.63) is 6.20 Å². The normalized spacial score (nSPS) is 11.9. The molecule has 7 heavy (non-hydrogen) atoms. The SMILES string of the molecule is Nc1cn[s+]([O-])n1. The van der Waals surface area contributed by atoms with Gasteiger partial charge in [0.1, 0.15) is 6.20 Å². The summed E-state index contributed by atoms with van der Waals surface area (Å²) in [6, 6.07) is 0. The third-order valence-corrected chi connectivity index (χ3v) is 1.11. The van der Waals surface area contributed by atoms with Gasteiger partial charge in [0.05, 0.1) is 0 Å². The summed E-state index contributed by atoms with van der Waals surface area (Å²) >= 11 is -1.42. The second-order valence-electron chi connectivity index (χ2n) is 0.981. The van der Waals surface area contributed by atoms with Crippen molar-refractivity contribution < 1.29 is 4.55 Å². The smallest absolute Gasteiger partial charge is 0.205 e. The Hall–Kier alpha value is -0.680. The largest absolute Gasteiger partial charge is 0.546 e. The first-order valence-corrected chi connectivity index (χ1v) is 2.65. The highest BCUT2D eigenvalue weighted by Crippen LogP contribution is 2.02. The van der Waals surface area contributed by atoms with E-state index in [-0.39, 0.29) is 5.82 Å². The molecule has 0 amide bonds. The van der Waals surface area contributed by atoms with Crippen molar-refractivity contribution >= 4 is 17.0 Å². The molecule has 0 saturated carbocycles. The van der Waals surface area contributed by atoms with Crippen LogP contribution in [0, 0.1) is 0 Å². The summed E-state index contributed by atoms with van der Waals surface area (Å²) in [4.78, 5) is 0. The molecule has 0 bridgehead atoms. The van der Waals surface area contributed by atoms with Crippen molar-refractivity contribution in [1.29, 1.82) is 0 Å². The van der Waals surface area contributed by atoms with Crippen LogP contribution in [0.25, 0.3) is 0 Å². The molecule has 0 saturated heterocycles. The molecule has 0 aliphatic carbocycles. The van der Waals surface area contributed by atoms with Gasteiger partial charge >= 0.3 is 0 Å². The van der Waals surface area contributed by atoms with Crippen molar-refractivity contribution in [1.82, 2.24) is 8.75 Å². The van der Waals surface area contributed by atoms with E-state index in [2.05, 4.69) is 8.75 Å². The van der Waals surface area contributed by atoms with Crippen LogP contribution in [0.15, 0.2) is 6.20 Å². The zero-order valence-electron chi connectivity index (χ0n) is 3.37. The number of rotatable bonds is 0. The quantitative estimate of drug-likeness (QED) is 0.477. The van der Waals surface area contributed by atoms with E-state index in [1.807, 2.05) is 0 Å². The molecule has 1 aromatic rings. The lowest BCUT2D eigenvalue weighted by molar-refractivity contribution is 0.585. The Morgan fingerprint density at radius 3 is 2.71 bits per heavy atom. The average molecular weight is 117 g/mol. The second-order valence-corrected chi connectivity index (χ2v) is 1.84. The van der Waals surface area contributed by atoms with Gasteiger partial charge in [-0.2, -0.15) is 0 Å². The number of aromatic nitrogens is 2. The molecule has 1 rings (SSSR count). The van der Waals surface area contributed by atoms with Crippen LogP contribution in [0.1, 0.15) is 0 Å². The minimum Gasteiger partial charge on any atom is -0.546 e. The Morgan fingerprint density at radius 2 is 2.57 bits per heavy atom. The summed E-state index contributed by atoms with van der Waals surface area (Å²) in [5.74, 6) is 0.235. The molecule has 1 heterocycles. The van der Waals surface area contributed by atoms with Gasteiger partial charge in [0.15, 0.2) is 11.1 Å². The molecule has 0 radical (unpaired) electrons. The fourth-order valence-corrected chi connectivity index (χ4v) is 0.709. The number of nitrogens with two attached hydrogens (primary N) is 1. The molecular formula is C2H3N3OS. The Bertz CT molecular complexity index is 145. The Morgan fingerprint density at radius 1 is 1.86 bits per heavy atom. The van der Waals surface area contributed by atoms with Crippen LogP contribution in [-0.2, 0) is 0 Å². The summed E-state index contributed by atoms with van der Waals surface area (Å²) in [7, 11) is 0. The van der Waals surface area contributed by atoms with Crippen molar-refractivity contribution in [2.45, 2.75) is 0 Å². The summed E-state index contributed by atoms with van der Waals surface area (Å²) < 4.78 is 16.8. The molecule has 0 aliphatic heterocycles. The van der Waals surface area contributed by atoms with E-state index in [4.69, 9.17) is 5.73 Å². The molecule has 0 aromatic carbocycles. The number of nitrogen functional groups attached to an aromatic ring is 1. The van der Waals surface area contributed by atoms with Crippen LogP contribution in [0.4, 0.5) is 5.82 Å². The minimum atomic E-state index is -1.42. The first-order valence-electron chi connectivity index (χ1n) is 1.59. The molecule has 1 unspecified atom stereocenters. The van der Waals surface area contributed by atoms with Crippen LogP contribution >= 0.6 is 11.1 Å². The van der Waals surface area contributed by atoms with Crippen LogP contribution < -0.4 is 5.73 Å². The predicted octanol–water partition coefficient (Wildman–Crippen LogP) is -0.214.